The minimum absolute atomic E-state index is 0.182. The molecule has 1 aromatic carbocycles. The first-order chi connectivity index (χ1) is 9.74. The van der Waals surface area contributed by atoms with Gasteiger partial charge in [-0.3, -0.25) is 0 Å². The van der Waals surface area contributed by atoms with Crippen molar-refractivity contribution in [2.24, 2.45) is 0 Å². The lowest BCUT2D eigenvalue weighted by Gasteiger charge is -2.40. The molecule has 1 aliphatic heterocycles. The predicted molar refractivity (Wildman–Crippen MR) is 79.6 cm³/mol. The summed E-state index contributed by atoms with van der Waals surface area (Å²) in [4.78, 5) is 13.5. The van der Waals surface area contributed by atoms with E-state index in [9.17, 15) is 9.18 Å². The highest BCUT2D eigenvalue weighted by Crippen LogP contribution is 2.16. The van der Waals surface area contributed by atoms with E-state index in [1.54, 1.807) is 17.9 Å². The van der Waals surface area contributed by atoms with Crippen LogP contribution < -0.4 is 5.32 Å². The number of nitrogens with one attached hydrogen (secondary N) is 1. The summed E-state index contributed by atoms with van der Waals surface area (Å²) in [7, 11) is 0. The van der Waals surface area contributed by atoms with E-state index in [1.165, 1.54) is 6.07 Å². The van der Waals surface area contributed by atoms with Crippen LogP contribution in [0.3, 0.4) is 0 Å². The van der Waals surface area contributed by atoms with Gasteiger partial charge >= 0.3 is 6.09 Å². The fourth-order valence-corrected chi connectivity index (χ4v) is 2.16. The van der Waals surface area contributed by atoms with Crippen LogP contribution >= 0.6 is 0 Å². The monoisotopic (exact) mass is 294 g/mol. The number of benzene rings is 1. The zero-order valence-electron chi connectivity index (χ0n) is 13.1. The number of ether oxygens (including phenoxy) is 1. The number of rotatable bonds is 3. The lowest BCUT2D eigenvalue weighted by Crippen LogP contribution is -2.60. The average Bonchev–Trinajstić information content (AvgIpc) is 2.29. The van der Waals surface area contributed by atoms with Gasteiger partial charge in [-0.2, -0.15) is 0 Å². The van der Waals surface area contributed by atoms with E-state index >= 15 is 0 Å². The Morgan fingerprint density at radius 2 is 2.10 bits per heavy atom. The molecular formula is C16H23FN2O2. The summed E-state index contributed by atoms with van der Waals surface area (Å²) < 4.78 is 18.5. The summed E-state index contributed by atoms with van der Waals surface area (Å²) in [5.74, 6) is -0.182. The normalized spacial score (nSPS) is 15.8. The molecule has 1 aromatic rings. The topological polar surface area (TPSA) is 41.6 Å². The van der Waals surface area contributed by atoms with Crippen molar-refractivity contribution in [1.29, 1.82) is 0 Å². The summed E-state index contributed by atoms with van der Waals surface area (Å²) in [5.41, 5.74) is 1.24. The molecule has 1 amide bonds. The highest BCUT2D eigenvalue weighted by atomic mass is 19.1. The summed E-state index contributed by atoms with van der Waals surface area (Å²) >= 11 is 0. The Morgan fingerprint density at radius 3 is 2.67 bits per heavy atom. The molecule has 0 spiro atoms. The van der Waals surface area contributed by atoms with Crippen molar-refractivity contribution in [1.82, 2.24) is 10.2 Å². The van der Waals surface area contributed by atoms with Crippen LogP contribution in [-0.4, -0.2) is 35.7 Å². The van der Waals surface area contributed by atoms with Gasteiger partial charge in [-0.1, -0.05) is 12.1 Å². The third-order valence-electron chi connectivity index (χ3n) is 3.35. The van der Waals surface area contributed by atoms with Crippen LogP contribution in [0.15, 0.2) is 18.2 Å². The van der Waals surface area contributed by atoms with Crippen LogP contribution in [0.1, 0.15) is 31.9 Å². The number of likely N-dealkylation sites (tertiary alicyclic amines) is 1. The Labute approximate surface area is 125 Å². The van der Waals surface area contributed by atoms with E-state index in [0.29, 0.717) is 25.2 Å². The third-order valence-corrected chi connectivity index (χ3v) is 3.35. The number of halogens is 1. The molecule has 1 saturated heterocycles. The van der Waals surface area contributed by atoms with Crippen molar-refractivity contribution < 1.29 is 13.9 Å². The van der Waals surface area contributed by atoms with Crippen LogP contribution in [-0.2, 0) is 11.3 Å². The highest BCUT2D eigenvalue weighted by Gasteiger charge is 2.33. The SMILES string of the molecule is Cc1cc(CNC2CN(C(=O)OC(C)(C)C)C2)ccc1F. The van der Waals surface area contributed by atoms with Gasteiger partial charge in [0.25, 0.3) is 0 Å². The first-order valence-corrected chi connectivity index (χ1v) is 7.21. The molecule has 1 fully saturated rings. The molecule has 1 aliphatic rings. The number of hydrogen-bond donors (Lipinski definition) is 1. The van der Waals surface area contributed by atoms with E-state index in [4.69, 9.17) is 4.74 Å². The van der Waals surface area contributed by atoms with Gasteiger partial charge in [-0.15, -0.1) is 0 Å². The summed E-state index contributed by atoms with van der Waals surface area (Å²) in [6.45, 7) is 9.30. The summed E-state index contributed by atoms with van der Waals surface area (Å²) in [6, 6.07) is 5.37. The van der Waals surface area contributed by atoms with Crippen molar-refractivity contribution in [2.45, 2.75) is 45.9 Å². The molecule has 1 N–H and O–H groups in total. The van der Waals surface area contributed by atoms with Crippen LogP contribution in [0.2, 0.25) is 0 Å². The van der Waals surface area contributed by atoms with Crippen LogP contribution in [0, 0.1) is 12.7 Å². The average molecular weight is 294 g/mol. The molecule has 4 nitrogen and oxygen atoms in total. The van der Waals surface area contributed by atoms with Crippen molar-refractivity contribution in [3.8, 4) is 0 Å². The second-order valence-corrected chi connectivity index (χ2v) is 6.55. The van der Waals surface area contributed by atoms with Crippen molar-refractivity contribution in [3.05, 3.63) is 35.1 Å². The Bertz CT molecular complexity index is 519. The fraction of sp³-hybridized carbons (Fsp3) is 0.562. The molecule has 0 bridgehead atoms. The van der Waals surface area contributed by atoms with Gasteiger partial charge in [0.05, 0.1) is 0 Å². The van der Waals surface area contributed by atoms with E-state index in [-0.39, 0.29) is 18.0 Å². The van der Waals surface area contributed by atoms with Gasteiger partial charge in [-0.25, -0.2) is 9.18 Å². The van der Waals surface area contributed by atoms with E-state index in [0.717, 1.165) is 5.56 Å². The quantitative estimate of drug-likeness (QED) is 0.932. The first kappa shape index (κ1) is 15.8. The van der Waals surface area contributed by atoms with Gasteiger partial charge in [0.2, 0.25) is 0 Å². The minimum Gasteiger partial charge on any atom is -0.444 e. The Balaban J connectivity index is 1.73. The molecule has 116 valence electrons. The number of nitrogens with zero attached hydrogens (tertiary/aromatic N) is 1. The molecule has 1 heterocycles. The number of amides is 1. The van der Waals surface area contributed by atoms with Crippen molar-refractivity contribution in [2.75, 3.05) is 13.1 Å². The van der Waals surface area contributed by atoms with Crippen LogP contribution in [0.4, 0.5) is 9.18 Å². The largest absolute Gasteiger partial charge is 0.444 e. The summed E-state index contributed by atoms with van der Waals surface area (Å²) in [5, 5.41) is 3.36. The number of aryl methyl sites for hydroxylation is 1. The van der Waals surface area contributed by atoms with Crippen LogP contribution in [0.25, 0.3) is 0 Å². The second-order valence-electron chi connectivity index (χ2n) is 6.55. The maximum Gasteiger partial charge on any atom is 0.410 e. The molecule has 0 unspecified atom stereocenters. The van der Waals surface area contributed by atoms with E-state index in [1.807, 2.05) is 26.8 Å². The Kier molecular flexibility index (Phi) is 4.52. The molecular weight excluding hydrogens is 271 g/mol. The molecule has 0 atom stereocenters. The maximum absolute atomic E-state index is 13.2. The standard InChI is InChI=1S/C16H23FN2O2/c1-11-7-12(5-6-14(11)17)8-18-13-9-19(10-13)15(20)21-16(2,3)4/h5-7,13,18H,8-10H2,1-4H3. The lowest BCUT2D eigenvalue weighted by atomic mass is 10.1. The zero-order valence-corrected chi connectivity index (χ0v) is 13.1. The lowest BCUT2D eigenvalue weighted by molar-refractivity contribution is 0.00518. The maximum atomic E-state index is 13.2. The number of carbonyl (C=O) groups excluding carboxylic acids is 1. The van der Waals surface area contributed by atoms with Crippen molar-refractivity contribution in [3.63, 3.8) is 0 Å². The Hall–Kier alpha value is -1.62. The van der Waals surface area contributed by atoms with Gasteiger partial charge in [0.15, 0.2) is 0 Å². The fourth-order valence-electron chi connectivity index (χ4n) is 2.16. The third kappa shape index (κ3) is 4.43. The molecule has 0 saturated carbocycles. The van der Waals surface area contributed by atoms with Crippen molar-refractivity contribution >= 4 is 6.09 Å². The molecule has 21 heavy (non-hydrogen) atoms. The van der Waals surface area contributed by atoms with E-state index in [2.05, 4.69) is 5.32 Å². The minimum atomic E-state index is -0.457. The van der Waals surface area contributed by atoms with Crippen LogP contribution in [0.5, 0.6) is 0 Å². The predicted octanol–water partition coefficient (Wildman–Crippen LogP) is 2.84. The molecule has 0 aromatic heterocycles. The van der Waals surface area contributed by atoms with Gasteiger partial charge in [0, 0.05) is 25.7 Å². The highest BCUT2D eigenvalue weighted by molar-refractivity contribution is 5.69. The first-order valence-electron chi connectivity index (χ1n) is 7.21. The zero-order chi connectivity index (χ0) is 15.6. The van der Waals surface area contributed by atoms with Gasteiger partial charge in [0.1, 0.15) is 11.4 Å². The smallest absolute Gasteiger partial charge is 0.410 e. The van der Waals surface area contributed by atoms with E-state index < -0.39 is 5.60 Å². The van der Waals surface area contributed by atoms with Gasteiger partial charge < -0.3 is 15.0 Å². The molecule has 2 rings (SSSR count). The molecule has 5 heteroatoms. The number of carbonyl (C=O) groups is 1. The van der Waals surface area contributed by atoms with Gasteiger partial charge in [-0.05, 0) is 44.9 Å². The molecule has 0 radical (unpaired) electrons. The second kappa shape index (κ2) is 6.02. The number of hydrogen-bond acceptors (Lipinski definition) is 3. The molecule has 0 aliphatic carbocycles. The summed E-state index contributed by atoms with van der Waals surface area (Å²) in [6.07, 6.45) is -0.266. The Morgan fingerprint density at radius 1 is 1.43 bits per heavy atom.